The Morgan fingerprint density at radius 3 is 2.67 bits per heavy atom. The van der Waals surface area contributed by atoms with Gasteiger partial charge in [-0.1, -0.05) is 0 Å². The van der Waals surface area contributed by atoms with Crippen molar-refractivity contribution in [1.29, 1.82) is 0 Å². The number of hydrogen-bond donors (Lipinski definition) is 0. The average Bonchev–Trinajstić information content (AvgIpc) is 2.12. The first-order chi connectivity index (χ1) is 6.95. The van der Waals surface area contributed by atoms with Crippen LogP contribution in [0.5, 0.6) is 0 Å². The highest BCUT2D eigenvalue weighted by Crippen LogP contribution is 2.36. The van der Waals surface area contributed by atoms with Crippen molar-refractivity contribution < 1.29 is 17.9 Å². The summed E-state index contributed by atoms with van der Waals surface area (Å²) in [6, 6.07) is 0. The lowest BCUT2D eigenvalue weighted by atomic mass is 9.86. The number of methoxy groups -OCH3 is 1. The molecule has 88 valence electrons. The summed E-state index contributed by atoms with van der Waals surface area (Å²) >= 11 is 0. The molecule has 6 heteroatoms. The zero-order valence-electron chi connectivity index (χ0n) is 9.10. The molecule has 2 fully saturated rings. The van der Waals surface area contributed by atoms with Crippen LogP contribution in [0.3, 0.4) is 0 Å². The Bertz CT molecular complexity index is 334. The van der Waals surface area contributed by atoms with Crippen LogP contribution in [-0.4, -0.2) is 57.5 Å². The molecular weight excluding hydrogens is 218 g/mol. The van der Waals surface area contributed by atoms with E-state index in [1.54, 1.807) is 7.11 Å². The summed E-state index contributed by atoms with van der Waals surface area (Å²) in [5.74, 6) is 0. The topological polar surface area (TPSA) is 55.8 Å². The number of hydrogen-bond acceptors (Lipinski definition) is 4. The first-order valence-electron chi connectivity index (χ1n) is 5.07. The van der Waals surface area contributed by atoms with Gasteiger partial charge in [-0.15, -0.1) is 0 Å². The number of sulfonamides is 1. The van der Waals surface area contributed by atoms with Gasteiger partial charge in [-0.05, 0) is 6.42 Å². The highest BCUT2D eigenvalue weighted by Gasteiger charge is 2.50. The van der Waals surface area contributed by atoms with Crippen LogP contribution < -0.4 is 0 Å². The van der Waals surface area contributed by atoms with E-state index in [4.69, 9.17) is 9.47 Å². The average molecular weight is 235 g/mol. The fourth-order valence-electron chi connectivity index (χ4n) is 2.24. The van der Waals surface area contributed by atoms with Gasteiger partial charge in [-0.3, -0.25) is 0 Å². The van der Waals surface area contributed by atoms with Crippen molar-refractivity contribution in [2.75, 3.05) is 33.1 Å². The molecule has 0 saturated carbocycles. The van der Waals surface area contributed by atoms with Crippen molar-refractivity contribution in [3.8, 4) is 0 Å². The molecule has 1 unspecified atom stereocenters. The SMILES string of the molecule is COC1CCOC2(C1)CN(S(C)(=O)=O)C2. The number of rotatable bonds is 2. The fraction of sp³-hybridized carbons (Fsp3) is 1.00. The number of nitrogens with zero attached hydrogens (tertiary/aromatic N) is 1. The predicted molar refractivity (Wildman–Crippen MR) is 55.1 cm³/mol. The molecule has 0 aromatic rings. The number of ether oxygens (including phenoxy) is 2. The summed E-state index contributed by atoms with van der Waals surface area (Å²) in [6.45, 7) is 1.62. The summed E-state index contributed by atoms with van der Waals surface area (Å²) in [6.07, 6.45) is 3.14. The van der Waals surface area contributed by atoms with Crippen LogP contribution >= 0.6 is 0 Å². The van der Waals surface area contributed by atoms with Gasteiger partial charge in [-0.25, -0.2) is 8.42 Å². The van der Waals surface area contributed by atoms with Gasteiger partial charge < -0.3 is 9.47 Å². The molecule has 1 atom stereocenters. The second-order valence-corrected chi connectivity index (χ2v) is 6.40. The van der Waals surface area contributed by atoms with E-state index in [1.165, 1.54) is 10.6 Å². The van der Waals surface area contributed by atoms with Gasteiger partial charge in [0, 0.05) is 33.2 Å². The lowest BCUT2D eigenvalue weighted by Crippen LogP contribution is -2.66. The van der Waals surface area contributed by atoms with Crippen LogP contribution in [0.4, 0.5) is 0 Å². The molecule has 0 aromatic carbocycles. The van der Waals surface area contributed by atoms with Crippen molar-refractivity contribution >= 4 is 10.0 Å². The highest BCUT2D eigenvalue weighted by atomic mass is 32.2. The Morgan fingerprint density at radius 1 is 1.47 bits per heavy atom. The van der Waals surface area contributed by atoms with E-state index >= 15 is 0 Å². The molecule has 0 aromatic heterocycles. The molecule has 2 saturated heterocycles. The monoisotopic (exact) mass is 235 g/mol. The van der Waals surface area contributed by atoms with Crippen molar-refractivity contribution in [3.63, 3.8) is 0 Å². The van der Waals surface area contributed by atoms with Crippen molar-refractivity contribution in [2.45, 2.75) is 24.5 Å². The molecule has 2 aliphatic rings. The Kier molecular flexibility index (Phi) is 2.79. The third kappa shape index (κ3) is 2.18. The molecule has 2 rings (SSSR count). The molecule has 15 heavy (non-hydrogen) atoms. The maximum Gasteiger partial charge on any atom is 0.211 e. The zero-order chi connectivity index (χ0) is 11.1. The van der Waals surface area contributed by atoms with E-state index in [2.05, 4.69) is 0 Å². The normalized spacial score (nSPS) is 31.5. The van der Waals surface area contributed by atoms with Gasteiger partial charge in [0.05, 0.1) is 18.0 Å². The zero-order valence-corrected chi connectivity index (χ0v) is 9.92. The van der Waals surface area contributed by atoms with Crippen LogP contribution in [0.25, 0.3) is 0 Å². The predicted octanol–water partition coefficient (Wildman–Crippen LogP) is -0.174. The molecule has 0 aliphatic carbocycles. The molecule has 0 N–H and O–H groups in total. The molecular formula is C9H17NO4S. The van der Waals surface area contributed by atoms with Gasteiger partial charge in [0.2, 0.25) is 10.0 Å². The van der Waals surface area contributed by atoms with Crippen molar-refractivity contribution in [1.82, 2.24) is 4.31 Å². The molecule has 0 amide bonds. The van der Waals surface area contributed by atoms with Gasteiger partial charge in [0.25, 0.3) is 0 Å². The fourth-order valence-corrected chi connectivity index (χ4v) is 3.17. The van der Waals surface area contributed by atoms with E-state index in [9.17, 15) is 8.42 Å². The van der Waals surface area contributed by atoms with E-state index in [1.807, 2.05) is 0 Å². The Balaban J connectivity index is 1.96. The van der Waals surface area contributed by atoms with Crippen LogP contribution in [0, 0.1) is 0 Å². The summed E-state index contributed by atoms with van der Waals surface area (Å²) < 4.78 is 34.9. The third-order valence-corrected chi connectivity index (χ3v) is 4.38. The lowest BCUT2D eigenvalue weighted by molar-refractivity contribution is -0.173. The smallest absolute Gasteiger partial charge is 0.211 e. The Labute approximate surface area is 90.4 Å². The van der Waals surface area contributed by atoms with Crippen LogP contribution in [0.1, 0.15) is 12.8 Å². The lowest BCUT2D eigenvalue weighted by Gasteiger charge is -2.51. The van der Waals surface area contributed by atoms with Crippen molar-refractivity contribution in [2.24, 2.45) is 0 Å². The molecule has 0 bridgehead atoms. The summed E-state index contributed by atoms with van der Waals surface area (Å²) in [7, 11) is -1.36. The standard InChI is InChI=1S/C9H17NO4S/c1-13-8-3-4-14-9(5-8)6-10(7-9)15(2,11)12/h8H,3-7H2,1-2H3. The molecule has 0 radical (unpaired) electrons. The van der Waals surface area contributed by atoms with E-state index in [0.29, 0.717) is 19.7 Å². The summed E-state index contributed by atoms with van der Waals surface area (Å²) in [4.78, 5) is 0. The van der Waals surface area contributed by atoms with Gasteiger partial charge in [-0.2, -0.15) is 4.31 Å². The van der Waals surface area contributed by atoms with Crippen molar-refractivity contribution in [3.05, 3.63) is 0 Å². The second kappa shape index (κ2) is 3.69. The van der Waals surface area contributed by atoms with Crippen LogP contribution in [0.2, 0.25) is 0 Å². The van der Waals surface area contributed by atoms with Crippen LogP contribution in [0.15, 0.2) is 0 Å². The van der Waals surface area contributed by atoms with E-state index in [0.717, 1.165) is 12.8 Å². The molecule has 2 aliphatic heterocycles. The minimum Gasteiger partial charge on any atom is -0.381 e. The third-order valence-electron chi connectivity index (χ3n) is 3.18. The van der Waals surface area contributed by atoms with Gasteiger partial charge >= 0.3 is 0 Å². The van der Waals surface area contributed by atoms with Gasteiger partial charge in [0.1, 0.15) is 0 Å². The molecule has 5 nitrogen and oxygen atoms in total. The first kappa shape index (κ1) is 11.3. The molecule has 2 heterocycles. The summed E-state index contributed by atoms with van der Waals surface area (Å²) in [5.41, 5.74) is -0.276. The summed E-state index contributed by atoms with van der Waals surface area (Å²) in [5, 5.41) is 0. The van der Waals surface area contributed by atoms with E-state index in [-0.39, 0.29) is 11.7 Å². The maximum absolute atomic E-state index is 11.2. The minimum atomic E-state index is -3.05. The van der Waals surface area contributed by atoms with Crippen LogP contribution in [-0.2, 0) is 19.5 Å². The van der Waals surface area contributed by atoms with Gasteiger partial charge in [0.15, 0.2) is 0 Å². The largest absolute Gasteiger partial charge is 0.381 e. The first-order valence-corrected chi connectivity index (χ1v) is 6.92. The Morgan fingerprint density at radius 2 is 2.13 bits per heavy atom. The quantitative estimate of drug-likeness (QED) is 0.666. The minimum absolute atomic E-state index is 0.209. The van der Waals surface area contributed by atoms with E-state index < -0.39 is 10.0 Å². The Hall–Kier alpha value is -0.170. The highest BCUT2D eigenvalue weighted by molar-refractivity contribution is 7.88. The second-order valence-electron chi connectivity index (χ2n) is 4.41. The molecule has 1 spiro atoms. The maximum atomic E-state index is 11.2.